The van der Waals surface area contributed by atoms with Gasteiger partial charge in [-0.05, 0) is 30.7 Å². The lowest BCUT2D eigenvalue weighted by atomic mass is 10.1. The Labute approximate surface area is 131 Å². The summed E-state index contributed by atoms with van der Waals surface area (Å²) in [5.74, 6) is 0.0865. The molecule has 2 aliphatic rings. The van der Waals surface area contributed by atoms with Gasteiger partial charge in [0.1, 0.15) is 10.7 Å². The summed E-state index contributed by atoms with van der Waals surface area (Å²) < 4.78 is 0. The van der Waals surface area contributed by atoms with Gasteiger partial charge in [0.25, 0.3) is 5.91 Å². The molecule has 1 amide bonds. The number of carbonyl (C=O) groups excluding carboxylic acids is 1. The molecule has 0 aliphatic carbocycles. The minimum absolute atomic E-state index is 0.0865. The molecule has 0 spiro atoms. The minimum atomic E-state index is 0.0865. The SMILES string of the molecule is O=C(c1csc(-c2cccs2)n1)N1CCC2CCC(C1)N2. The molecular weight excluding hydrogens is 302 g/mol. The van der Waals surface area contributed by atoms with Gasteiger partial charge in [0.2, 0.25) is 0 Å². The maximum absolute atomic E-state index is 12.7. The van der Waals surface area contributed by atoms with Gasteiger partial charge < -0.3 is 10.2 Å². The number of rotatable bonds is 2. The summed E-state index contributed by atoms with van der Waals surface area (Å²) in [4.78, 5) is 20.3. The number of hydrogen-bond acceptors (Lipinski definition) is 5. The molecule has 6 heteroatoms. The zero-order valence-electron chi connectivity index (χ0n) is 11.6. The van der Waals surface area contributed by atoms with Gasteiger partial charge in [0, 0.05) is 30.6 Å². The molecule has 110 valence electrons. The summed E-state index contributed by atoms with van der Waals surface area (Å²) in [6.07, 6.45) is 3.50. The standard InChI is InChI=1S/C15H17N3OS2/c19-15(18-6-5-10-3-4-11(8-18)16-10)12-9-21-14(17-12)13-2-1-7-20-13/h1-2,7,9-11,16H,3-6,8H2. The topological polar surface area (TPSA) is 45.2 Å². The Morgan fingerprint density at radius 3 is 3.05 bits per heavy atom. The average molecular weight is 319 g/mol. The first-order chi connectivity index (χ1) is 10.3. The number of fused-ring (bicyclic) bond motifs is 2. The summed E-state index contributed by atoms with van der Waals surface area (Å²) in [5.41, 5.74) is 0.598. The first-order valence-corrected chi connectivity index (χ1v) is 9.10. The van der Waals surface area contributed by atoms with Crippen molar-refractivity contribution in [3.8, 4) is 9.88 Å². The Morgan fingerprint density at radius 2 is 2.19 bits per heavy atom. The highest BCUT2D eigenvalue weighted by Gasteiger charge is 2.32. The molecule has 21 heavy (non-hydrogen) atoms. The van der Waals surface area contributed by atoms with E-state index in [-0.39, 0.29) is 5.91 Å². The van der Waals surface area contributed by atoms with E-state index in [0.29, 0.717) is 17.8 Å². The first-order valence-electron chi connectivity index (χ1n) is 7.34. The van der Waals surface area contributed by atoms with Crippen molar-refractivity contribution in [3.63, 3.8) is 0 Å². The number of thiazole rings is 1. The Bertz CT molecular complexity index is 637. The number of hydrogen-bond donors (Lipinski definition) is 1. The van der Waals surface area contributed by atoms with E-state index >= 15 is 0 Å². The zero-order valence-corrected chi connectivity index (χ0v) is 13.3. The summed E-state index contributed by atoms with van der Waals surface area (Å²) >= 11 is 3.22. The third kappa shape index (κ3) is 2.63. The number of carbonyl (C=O) groups is 1. The van der Waals surface area contributed by atoms with Gasteiger partial charge in [-0.15, -0.1) is 22.7 Å². The lowest BCUT2D eigenvalue weighted by Gasteiger charge is -2.23. The lowest BCUT2D eigenvalue weighted by Crippen LogP contribution is -2.39. The molecule has 2 unspecified atom stereocenters. The molecule has 2 aromatic heterocycles. The maximum Gasteiger partial charge on any atom is 0.273 e. The zero-order chi connectivity index (χ0) is 14.2. The third-order valence-corrected chi connectivity index (χ3v) is 6.15. The van der Waals surface area contributed by atoms with Crippen LogP contribution in [0.15, 0.2) is 22.9 Å². The van der Waals surface area contributed by atoms with Crippen LogP contribution in [0, 0.1) is 0 Å². The van der Waals surface area contributed by atoms with E-state index in [4.69, 9.17) is 0 Å². The highest BCUT2D eigenvalue weighted by Crippen LogP contribution is 2.28. The fourth-order valence-electron chi connectivity index (χ4n) is 3.17. The van der Waals surface area contributed by atoms with Crippen molar-refractivity contribution in [1.82, 2.24) is 15.2 Å². The molecule has 0 saturated carbocycles. The fourth-order valence-corrected chi connectivity index (χ4v) is 4.78. The van der Waals surface area contributed by atoms with Crippen LogP contribution in [0.5, 0.6) is 0 Å². The second-order valence-electron chi connectivity index (χ2n) is 5.69. The van der Waals surface area contributed by atoms with Gasteiger partial charge in [-0.25, -0.2) is 4.98 Å². The number of aromatic nitrogens is 1. The minimum Gasteiger partial charge on any atom is -0.336 e. The normalized spacial score (nSPS) is 25.0. The van der Waals surface area contributed by atoms with Crippen LogP contribution < -0.4 is 5.32 Å². The van der Waals surface area contributed by atoms with Crippen LogP contribution in [0.3, 0.4) is 0 Å². The average Bonchev–Trinajstić information content (AvgIpc) is 3.17. The summed E-state index contributed by atoms with van der Waals surface area (Å²) in [6.45, 7) is 1.67. The Kier molecular flexibility index (Phi) is 3.52. The van der Waals surface area contributed by atoms with E-state index in [2.05, 4.69) is 10.3 Å². The second kappa shape index (κ2) is 5.51. The van der Waals surface area contributed by atoms with Crippen LogP contribution in [-0.4, -0.2) is 41.0 Å². The predicted molar refractivity (Wildman–Crippen MR) is 85.9 cm³/mol. The van der Waals surface area contributed by atoms with Crippen molar-refractivity contribution in [3.05, 3.63) is 28.6 Å². The van der Waals surface area contributed by atoms with Crippen molar-refractivity contribution >= 4 is 28.6 Å². The van der Waals surface area contributed by atoms with E-state index in [9.17, 15) is 4.79 Å². The van der Waals surface area contributed by atoms with Crippen LogP contribution in [0.4, 0.5) is 0 Å². The second-order valence-corrected chi connectivity index (χ2v) is 7.50. The highest BCUT2D eigenvalue weighted by atomic mass is 32.1. The van der Waals surface area contributed by atoms with Crippen molar-refractivity contribution in [2.75, 3.05) is 13.1 Å². The van der Waals surface area contributed by atoms with Crippen molar-refractivity contribution in [2.45, 2.75) is 31.3 Å². The van der Waals surface area contributed by atoms with Gasteiger partial charge in [-0.2, -0.15) is 0 Å². The quantitative estimate of drug-likeness (QED) is 0.926. The van der Waals surface area contributed by atoms with E-state index in [1.165, 1.54) is 12.8 Å². The molecule has 2 atom stereocenters. The molecule has 2 bridgehead atoms. The fraction of sp³-hybridized carbons (Fsp3) is 0.467. The van der Waals surface area contributed by atoms with Crippen molar-refractivity contribution in [1.29, 1.82) is 0 Å². The van der Waals surface area contributed by atoms with Crippen LogP contribution >= 0.6 is 22.7 Å². The van der Waals surface area contributed by atoms with E-state index in [0.717, 1.165) is 29.4 Å². The number of likely N-dealkylation sites (tertiary alicyclic amines) is 1. The Hall–Kier alpha value is -1.24. The van der Waals surface area contributed by atoms with E-state index < -0.39 is 0 Å². The number of thiophene rings is 1. The molecule has 2 aromatic rings. The molecule has 0 radical (unpaired) electrons. The van der Waals surface area contributed by atoms with E-state index in [1.807, 2.05) is 27.8 Å². The monoisotopic (exact) mass is 319 g/mol. The van der Waals surface area contributed by atoms with E-state index in [1.54, 1.807) is 22.7 Å². The molecule has 2 saturated heterocycles. The van der Waals surface area contributed by atoms with Crippen LogP contribution in [0.1, 0.15) is 29.8 Å². The van der Waals surface area contributed by atoms with Crippen LogP contribution in [0.25, 0.3) is 9.88 Å². The van der Waals surface area contributed by atoms with Crippen molar-refractivity contribution < 1.29 is 4.79 Å². The van der Waals surface area contributed by atoms with Gasteiger partial charge in [0.15, 0.2) is 0 Å². The lowest BCUT2D eigenvalue weighted by molar-refractivity contribution is 0.0743. The Morgan fingerprint density at radius 1 is 1.29 bits per heavy atom. The Balaban J connectivity index is 1.52. The largest absolute Gasteiger partial charge is 0.336 e. The highest BCUT2D eigenvalue weighted by molar-refractivity contribution is 7.20. The maximum atomic E-state index is 12.7. The van der Waals surface area contributed by atoms with Gasteiger partial charge in [0.05, 0.1) is 4.88 Å². The number of nitrogens with zero attached hydrogens (tertiary/aromatic N) is 2. The number of amides is 1. The summed E-state index contributed by atoms with van der Waals surface area (Å²) in [5, 5.41) is 8.49. The molecule has 4 heterocycles. The van der Waals surface area contributed by atoms with Gasteiger partial charge in [-0.1, -0.05) is 6.07 Å². The van der Waals surface area contributed by atoms with Crippen LogP contribution in [-0.2, 0) is 0 Å². The van der Waals surface area contributed by atoms with Gasteiger partial charge in [-0.3, -0.25) is 4.79 Å². The van der Waals surface area contributed by atoms with Gasteiger partial charge >= 0.3 is 0 Å². The third-order valence-electron chi connectivity index (χ3n) is 4.27. The molecule has 4 nitrogen and oxygen atoms in total. The smallest absolute Gasteiger partial charge is 0.273 e. The van der Waals surface area contributed by atoms with Crippen molar-refractivity contribution in [2.24, 2.45) is 0 Å². The first kappa shape index (κ1) is 13.4. The summed E-state index contributed by atoms with van der Waals surface area (Å²) in [7, 11) is 0. The molecule has 1 N–H and O–H groups in total. The molecule has 4 rings (SSSR count). The molecule has 2 aliphatic heterocycles. The van der Waals surface area contributed by atoms with Crippen LogP contribution in [0.2, 0.25) is 0 Å². The predicted octanol–water partition coefficient (Wildman–Crippen LogP) is 2.84. The molecule has 0 aromatic carbocycles. The molecule has 2 fully saturated rings. The summed E-state index contributed by atoms with van der Waals surface area (Å²) in [6, 6.07) is 5.13. The number of nitrogens with one attached hydrogen (secondary N) is 1. The molecular formula is C15H17N3OS2.